The van der Waals surface area contributed by atoms with Gasteiger partial charge in [-0.05, 0) is 22.6 Å². The Morgan fingerprint density at radius 3 is 2.71 bits per heavy atom. The molecule has 0 fully saturated rings. The molecule has 3 nitrogen and oxygen atoms in total. The van der Waals surface area contributed by atoms with E-state index in [1.165, 1.54) is 13.2 Å². The highest BCUT2D eigenvalue weighted by Gasteiger charge is 2.19. The second-order valence-corrected chi connectivity index (χ2v) is 3.50. The summed E-state index contributed by atoms with van der Waals surface area (Å²) < 4.78 is 30.0. The average Bonchev–Trinajstić information content (AvgIpc) is 2.15. The van der Waals surface area contributed by atoms with E-state index in [0.29, 0.717) is 5.69 Å². The number of rotatable bonds is 3. The molecule has 0 radical (unpaired) electrons. The summed E-state index contributed by atoms with van der Waals surface area (Å²) in [6.07, 6.45) is -2.63. The first-order valence-corrected chi connectivity index (χ1v) is 4.80. The second kappa shape index (κ2) is 4.83. The zero-order valence-corrected chi connectivity index (χ0v) is 9.46. The molecule has 0 saturated carbocycles. The van der Waals surface area contributed by atoms with Crippen molar-refractivity contribution in [3.63, 3.8) is 0 Å². The molecule has 1 N–H and O–H groups in total. The van der Waals surface area contributed by atoms with Crippen LogP contribution in [0.2, 0.25) is 0 Å². The zero-order chi connectivity index (χ0) is 10.7. The quantitative estimate of drug-likeness (QED) is 0.686. The normalized spacial score (nSPS) is 10.7. The maximum absolute atomic E-state index is 12.5. The summed E-state index contributed by atoms with van der Waals surface area (Å²) in [7, 11) is 1.30. The Kier molecular flexibility index (Phi) is 3.99. The van der Waals surface area contributed by atoms with E-state index in [0.717, 1.165) is 0 Å². The average molecular weight is 315 g/mol. The molecule has 78 valence electrons. The lowest BCUT2D eigenvalue weighted by atomic mass is 10.2. The first-order valence-electron chi connectivity index (χ1n) is 3.72. The van der Waals surface area contributed by atoms with E-state index in [9.17, 15) is 8.78 Å². The van der Waals surface area contributed by atoms with Crippen molar-refractivity contribution in [2.75, 3.05) is 7.11 Å². The molecule has 0 atom stereocenters. The van der Waals surface area contributed by atoms with Gasteiger partial charge in [-0.2, -0.15) is 0 Å². The summed E-state index contributed by atoms with van der Waals surface area (Å²) in [6.45, 7) is -0.296. The number of alkyl halides is 2. The lowest BCUT2D eigenvalue weighted by Crippen LogP contribution is -2.02. The van der Waals surface area contributed by atoms with Crippen LogP contribution in [0.1, 0.15) is 17.7 Å². The highest BCUT2D eigenvalue weighted by molar-refractivity contribution is 14.1. The minimum absolute atomic E-state index is 0.0588. The van der Waals surface area contributed by atoms with Crippen LogP contribution in [0.5, 0.6) is 5.75 Å². The van der Waals surface area contributed by atoms with Crippen molar-refractivity contribution in [3.05, 3.63) is 21.0 Å². The van der Waals surface area contributed by atoms with Gasteiger partial charge < -0.3 is 9.84 Å². The van der Waals surface area contributed by atoms with Crippen molar-refractivity contribution in [2.24, 2.45) is 0 Å². The van der Waals surface area contributed by atoms with E-state index < -0.39 is 6.43 Å². The van der Waals surface area contributed by atoms with Crippen LogP contribution in [-0.2, 0) is 6.61 Å². The van der Waals surface area contributed by atoms with Gasteiger partial charge >= 0.3 is 0 Å². The van der Waals surface area contributed by atoms with Gasteiger partial charge in [0, 0.05) is 6.07 Å². The molecule has 0 aromatic carbocycles. The van der Waals surface area contributed by atoms with Crippen LogP contribution in [0.3, 0.4) is 0 Å². The van der Waals surface area contributed by atoms with Crippen molar-refractivity contribution in [1.82, 2.24) is 4.98 Å². The number of methoxy groups -OCH3 is 1. The van der Waals surface area contributed by atoms with Gasteiger partial charge in [0.05, 0.1) is 25.0 Å². The number of hydrogen-bond acceptors (Lipinski definition) is 3. The molecular weight excluding hydrogens is 307 g/mol. The van der Waals surface area contributed by atoms with Crippen molar-refractivity contribution in [2.45, 2.75) is 13.0 Å². The molecule has 1 heterocycles. The monoisotopic (exact) mass is 315 g/mol. The number of hydrogen-bond donors (Lipinski definition) is 1. The SMILES string of the molecule is COc1cc(CO)nc(I)c1C(F)F. The molecule has 1 aromatic heterocycles. The molecule has 0 bridgehead atoms. The molecule has 6 heteroatoms. The lowest BCUT2D eigenvalue weighted by Gasteiger charge is -2.10. The van der Waals surface area contributed by atoms with Crippen molar-refractivity contribution < 1.29 is 18.6 Å². The van der Waals surface area contributed by atoms with Crippen LogP contribution in [0, 0.1) is 3.70 Å². The predicted octanol–water partition coefficient (Wildman–Crippen LogP) is 2.12. The number of halogens is 3. The number of pyridine rings is 1. The summed E-state index contributed by atoms with van der Waals surface area (Å²) in [5.41, 5.74) is 0.0842. The third-order valence-corrected chi connectivity index (χ3v) is 2.45. The first-order chi connectivity index (χ1) is 6.60. The molecule has 0 saturated heterocycles. The molecule has 1 rings (SSSR count). The molecule has 0 aliphatic rings. The summed E-state index contributed by atoms with van der Waals surface area (Å²) in [5.74, 6) is 0.0588. The Hall–Kier alpha value is -0.500. The number of aromatic nitrogens is 1. The third-order valence-electron chi connectivity index (χ3n) is 1.63. The maximum Gasteiger partial charge on any atom is 0.269 e. The fraction of sp³-hybridized carbons (Fsp3) is 0.375. The minimum Gasteiger partial charge on any atom is -0.496 e. The maximum atomic E-state index is 12.5. The van der Waals surface area contributed by atoms with Crippen LogP contribution in [0.4, 0.5) is 8.78 Å². The standard InChI is InChI=1S/C8H8F2INO2/c1-14-5-2-4(3-13)12-8(11)6(5)7(9)10/h2,7,13H,3H2,1H3. The van der Waals surface area contributed by atoms with Crippen LogP contribution in [0.25, 0.3) is 0 Å². The summed E-state index contributed by atoms with van der Waals surface area (Å²) >= 11 is 1.69. The Morgan fingerprint density at radius 1 is 1.64 bits per heavy atom. The van der Waals surface area contributed by atoms with Gasteiger partial charge in [0.1, 0.15) is 9.45 Å². The summed E-state index contributed by atoms with van der Waals surface area (Å²) in [5, 5.41) is 8.80. The van der Waals surface area contributed by atoms with Gasteiger partial charge in [-0.15, -0.1) is 0 Å². The van der Waals surface area contributed by atoms with E-state index in [-0.39, 0.29) is 21.6 Å². The second-order valence-electron chi connectivity index (χ2n) is 2.48. The zero-order valence-electron chi connectivity index (χ0n) is 7.30. The molecule has 0 unspecified atom stereocenters. The van der Waals surface area contributed by atoms with Gasteiger partial charge in [-0.1, -0.05) is 0 Å². The van der Waals surface area contributed by atoms with E-state index in [1.807, 2.05) is 0 Å². The third kappa shape index (κ3) is 2.30. The molecule has 0 amide bonds. The highest BCUT2D eigenvalue weighted by Crippen LogP contribution is 2.32. The highest BCUT2D eigenvalue weighted by atomic mass is 127. The molecule has 1 aromatic rings. The Balaban J connectivity index is 3.27. The summed E-state index contributed by atoms with van der Waals surface area (Å²) in [4.78, 5) is 3.80. The minimum atomic E-state index is -2.63. The number of aliphatic hydroxyl groups is 1. The van der Waals surface area contributed by atoms with Crippen LogP contribution in [0.15, 0.2) is 6.07 Å². The smallest absolute Gasteiger partial charge is 0.269 e. The van der Waals surface area contributed by atoms with E-state index in [1.54, 1.807) is 22.6 Å². The van der Waals surface area contributed by atoms with Gasteiger partial charge in [-0.25, -0.2) is 13.8 Å². The predicted molar refractivity (Wildman–Crippen MR) is 54.4 cm³/mol. The Morgan fingerprint density at radius 2 is 2.29 bits per heavy atom. The first kappa shape index (κ1) is 11.6. The number of nitrogens with zero attached hydrogens (tertiary/aromatic N) is 1. The van der Waals surface area contributed by atoms with Crippen molar-refractivity contribution >= 4 is 22.6 Å². The molecule has 0 aliphatic heterocycles. The largest absolute Gasteiger partial charge is 0.496 e. The molecule has 14 heavy (non-hydrogen) atoms. The van der Waals surface area contributed by atoms with Crippen LogP contribution < -0.4 is 4.74 Å². The van der Waals surface area contributed by atoms with Crippen LogP contribution >= 0.6 is 22.6 Å². The van der Waals surface area contributed by atoms with Gasteiger partial charge in [-0.3, -0.25) is 0 Å². The van der Waals surface area contributed by atoms with Crippen LogP contribution in [-0.4, -0.2) is 17.2 Å². The van der Waals surface area contributed by atoms with Crippen molar-refractivity contribution in [1.29, 1.82) is 0 Å². The molecule has 0 spiro atoms. The Labute approximate surface area is 93.2 Å². The lowest BCUT2D eigenvalue weighted by molar-refractivity contribution is 0.145. The molecular formula is C8H8F2INO2. The van der Waals surface area contributed by atoms with E-state index in [2.05, 4.69) is 4.98 Å². The van der Waals surface area contributed by atoms with Gasteiger partial charge in [0.2, 0.25) is 0 Å². The topological polar surface area (TPSA) is 42.4 Å². The van der Waals surface area contributed by atoms with E-state index >= 15 is 0 Å². The number of ether oxygens (including phenoxy) is 1. The van der Waals surface area contributed by atoms with E-state index in [4.69, 9.17) is 9.84 Å². The van der Waals surface area contributed by atoms with Gasteiger partial charge in [0.25, 0.3) is 6.43 Å². The fourth-order valence-electron chi connectivity index (χ4n) is 0.997. The van der Waals surface area contributed by atoms with Gasteiger partial charge in [0.15, 0.2) is 0 Å². The summed E-state index contributed by atoms with van der Waals surface area (Å²) in [6, 6.07) is 1.31. The number of aliphatic hydroxyl groups excluding tert-OH is 1. The Bertz CT molecular complexity index is 333. The van der Waals surface area contributed by atoms with Crippen molar-refractivity contribution in [3.8, 4) is 5.75 Å². The fourth-order valence-corrected chi connectivity index (χ4v) is 1.81. The molecule has 0 aliphatic carbocycles.